The highest BCUT2D eigenvalue weighted by Gasteiger charge is 2.28. The number of nitrogens with one attached hydrogen (secondary N) is 1. The lowest BCUT2D eigenvalue weighted by Gasteiger charge is -2.32. The van der Waals surface area contributed by atoms with Gasteiger partial charge in [0.2, 0.25) is 0 Å². The second-order valence-electron chi connectivity index (χ2n) is 6.38. The number of amides is 2. The molecule has 0 atom stereocenters. The molecule has 1 aliphatic rings. The van der Waals surface area contributed by atoms with Gasteiger partial charge >= 0.3 is 0 Å². The Bertz CT molecular complexity index is 856. The number of hydrogen-bond donors (Lipinski definition) is 1. The minimum atomic E-state index is -0.314. The number of rotatable bonds is 5. The van der Waals surface area contributed by atoms with E-state index in [1.165, 1.54) is 14.2 Å². The molecule has 1 N–H and O–H groups in total. The van der Waals surface area contributed by atoms with E-state index in [1.54, 1.807) is 41.3 Å². The SMILES string of the molecule is COc1cc(OC)cc(C(=O)Nc2ccc3c(c2)N(C(C)C)C(=O)CO3)c1. The van der Waals surface area contributed by atoms with Crippen molar-refractivity contribution in [2.24, 2.45) is 0 Å². The first kappa shape index (κ1) is 18.6. The zero-order chi connectivity index (χ0) is 19.6. The number of nitrogens with zero attached hydrogens (tertiary/aromatic N) is 1. The number of carbonyl (C=O) groups excluding carboxylic acids is 2. The number of fused-ring (bicyclic) bond motifs is 1. The number of hydrogen-bond acceptors (Lipinski definition) is 5. The van der Waals surface area contributed by atoms with Gasteiger partial charge in [-0.1, -0.05) is 0 Å². The minimum Gasteiger partial charge on any atom is -0.497 e. The molecular formula is C20H22N2O5. The summed E-state index contributed by atoms with van der Waals surface area (Å²) in [6.07, 6.45) is 0. The van der Waals surface area contributed by atoms with Gasteiger partial charge in [0.15, 0.2) is 6.61 Å². The van der Waals surface area contributed by atoms with Gasteiger partial charge in [-0.15, -0.1) is 0 Å². The first-order valence-corrected chi connectivity index (χ1v) is 8.56. The van der Waals surface area contributed by atoms with Crippen LogP contribution in [0, 0.1) is 0 Å². The van der Waals surface area contributed by atoms with E-state index >= 15 is 0 Å². The van der Waals surface area contributed by atoms with Gasteiger partial charge in [-0.3, -0.25) is 9.59 Å². The minimum absolute atomic E-state index is 0.0144. The van der Waals surface area contributed by atoms with Crippen LogP contribution in [0.15, 0.2) is 36.4 Å². The molecule has 2 amide bonds. The number of methoxy groups -OCH3 is 2. The Labute approximate surface area is 157 Å². The molecule has 0 saturated heterocycles. The molecule has 27 heavy (non-hydrogen) atoms. The topological polar surface area (TPSA) is 77.1 Å². The van der Waals surface area contributed by atoms with Crippen molar-refractivity contribution in [1.29, 1.82) is 0 Å². The Morgan fingerprint density at radius 1 is 1.11 bits per heavy atom. The van der Waals surface area contributed by atoms with E-state index < -0.39 is 0 Å². The van der Waals surface area contributed by atoms with E-state index in [-0.39, 0.29) is 24.5 Å². The van der Waals surface area contributed by atoms with E-state index in [0.29, 0.717) is 34.2 Å². The normalized spacial score (nSPS) is 13.1. The van der Waals surface area contributed by atoms with Gasteiger partial charge in [-0.2, -0.15) is 0 Å². The molecule has 0 spiro atoms. The molecule has 2 aromatic carbocycles. The summed E-state index contributed by atoms with van der Waals surface area (Å²) in [5, 5.41) is 2.84. The molecule has 0 saturated carbocycles. The van der Waals surface area contributed by atoms with E-state index in [2.05, 4.69) is 5.32 Å². The van der Waals surface area contributed by atoms with E-state index in [9.17, 15) is 9.59 Å². The van der Waals surface area contributed by atoms with Gasteiger partial charge in [0.05, 0.1) is 19.9 Å². The van der Waals surface area contributed by atoms with Crippen molar-refractivity contribution in [2.75, 3.05) is 31.0 Å². The predicted octanol–water partition coefficient (Wildman–Crippen LogP) is 3.09. The molecule has 2 aromatic rings. The molecule has 3 rings (SSSR count). The zero-order valence-corrected chi connectivity index (χ0v) is 15.7. The molecule has 0 aromatic heterocycles. The van der Waals surface area contributed by atoms with Crippen LogP contribution in [-0.4, -0.2) is 38.7 Å². The smallest absolute Gasteiger partial charge is 0.265 e. The molecule has 7 nitrogen and oxygen atoms in total. The summed E-state index contributed by atoms with van der Waals surface area (Å²) in [5.74, 6) is 1.24. The third-order valence-electron chi connectivity index (χ3n) is 4.23. The van der Waals surface area contributed by atoms with Gasteiger partial charge in [0, 0.05) is 23.4 Å². The fourth-order valence-electron chi connectivity index (χ4n) is 2.96. The van der Waals surface area contributed by atoms with Crippen LogP contribution >= 0.6 is 0 Å². The van der Waals surface area contributed by atoms with Gasteiger partial charge in [0.25, 0.3) is 11.8 Å². The Morgan fingerprint density at radius 3 is 2.37 bits per heavy atom. The van der Waals surface area contributed by atoms with Crippen molar-refractivity contribution in [3.05, 3.63) is 42.0 Å². The van der Waals surface area contributed by atoms with Gasteiger partial charge in [-0.05, 0) is 44.2 Å². The first-order chi connectivity index (χ1) is 12.9. The lowest BCUT2D eigenvalue weighted by Crippen LogP contribution is -2.43. The van der Waals surface area contributed by atoms with E-state index in [1.807, 2.05) is 13.8 Å². The maximum absolute atomic E-state index is 12.7. The molecule has 0 radical (unpaired) electrons. The highest BCUT2D eigenvalue weighted by atomic mass is 16.5. The van der Waals surface area contributed by atoms with Crippen molar-refractivity contribution in [1.82, 2.24) is 0 Å². The lowest BCUT2D eigenvalue weighted by molar-refractivity contribution is -0.121. The molecular weight excluding hydrogens is 348 g/mol. The average Bonchev–Trinajstić information content (AvgIpc) is 2.66. The molecule has 142 valence electrons. The van der Waals surface area contributed by atoms with E-state index in [4.69, 9.17) is 14.2 Å². The second-order valence-corrected chi connectivity index (χ2v) is 6.38. The number of ether oxygens (including phenoxy) is 3. The van der Waals surface area contributed by atoms with Crippen molar-refractivity contribution in [2.45, 2.75) is 19.9 Å². The highest BCUT2D eigenvalue weighted by molar-refractivity contribution is 6.06. The molecule has 0 unspecified atom stereocenters. The quantitative estimate of drug-likeness (QED) is 0.875. The predicted molar refractivity (Wildman–Crippen MR) is 102 cm³/mol. The van der Waals surface area contributed by atoms with Crippen LogP contribution in [-0.2, 0) is 4.79 Å². The van der Waals surface area contributed by atoms with Crippen molar-refractivity contribution in [3.63, 3.8) is 0 Å². The van der Waals surface area contributed by atoms with Crippen LogP contribution in [0.1, 0.15) is 24.2 Å². The summed E-state index contributed by atoms with van der Waals surface area (Å²) in [7, 11) is 3.05. The summed E-state index contributed by atoms with van der Waals surface area (Å²) in [5.41, 5.74) is 1.60. The summed E-state index contributed by atoms with van der Waals surface area (Å²) >= 11 is 0. The lowest BCUT2D eigenvalue weighted by atomic mass is 10.1. The monoisotopic (exact) mass is 370 g/mol. The molecule has 0 bridgehead atoms. The Morgan fingerprint density at radius 2 is 1.78 bits per heavy atom. The first-order valence-electron chi connectivity index (χ1n) is 8.56. The van der Waals surface area contributed by atoms with Crippen LogP contribution in [0.3, 0.4) is 0 Å². The van der Waals surface area contributed by atoms with Crippen molar-refractivity contribution < 1.29 is 23.8 Å². The summed E-state index contributed by atoms with van der Waals surface area (Å²) in [6.45, 7) is 3.88. The average molecular weight is 370 g/mol. The Kier molecular flexibility index (Phi) is 5.21. The van der Waals surface area contributed by atoms with Gasteiger partial charge in [-0.25, -0.2) is 0 Å². The van der Waals surface area contributed by atoms with Crippen LogP contribution in [0.25, 0.3) is 0 Å². The van der Waals surface area contributed by atoms with E-state index in [0.717, 1.165) is 0 Å². The van der Waals surface area contributed by atoms with Crippen LogP contribution in [0.2, 0.25) is 0 Å². The molecule has 0 aliphatic carbocycles. The standard InChI is InChI=1S/C20H22N2O5/c1-12(2)22-17-9-14(5-6-18(17)27-11-19(22)23)21-20(24)13-7-15(25-3)10-16(8-13)26-4/h5-10,12H,11H2,1-4H3,(H,21,24). The maximum Gasteiger partial charge on any atom is 0.265 e. The zero-order valence-electron chi connectivity index (χ0n) is 15.7. The summed E-state index contributed by atoms with van der Waals surface area (Å²) < 4.78 is 15.9. The fourth-order valence-corrected chi connectivity index (χ4v) is 2.96. The van der Waals surface area contributed by atoms with Gasteiger partial charge in [0.1, 0.15) is 17.2 Å². The van der Waals surface area contributed by atoms with Crippen LogP contribution < -0.4 is 24.4 Å². The highest BCUT2D eigenvalue weighted by Crippen LogP contribution is 2.36. The Hall–Kier alpha value is -3.22. The van der Waals surface area contributed by atoms with Gasteiger partial charge < -0.3 is 24.4 Å². The largest absolute Gasteiger partial charge is 0.497 e. The fraction of sp³-hybridized carbons (Fsp3) is 0.300. The molecule has 7 heteroatoms. The third-order valence-corrected chi connectivity index (χ3v) is 4.23. The molecule has 0 fully saturated rings. The maximum atomic E-state index is 12.7. The van der Waals surface area contributed by atoms with Crippen molar-refractivity contribution in [3.8, 4) is 17.2 Å². The Balaban J connectivity index is 1.88. The van der Waals surface area contributed by atoms with Crippen molar-refractivity contribution >= 4 is 23.2 Å². The molecule has 1 aliphatic heterocycles. The van der Waals surface area contributed by atoms with Crippen LogP contribution in [0.5, 0.6) is 17.2 Å². The second kappa shape index (κ2) is 7.57. The number of anilines is 2. The number of benzene rings is 2. The van der Waals surface area contributed by atoms with Crippen LogP contribution in [0.4, 0.5) is 11.4 Å². The number of carbonyl (C=O) groups is 2. The third kappa shape index (κ3) is 3.81. The summed E-state index contributed by atoms with van der Waals surface area (Å²) in [4.78, 5) is 26.5. The summed E-state index contributed by atoms with van der Waals surface area (Å²) in [6, 6.07) is 10.2. The molecule has 1 heterocycles.